The fourth-order valence-corrected chi connectivity index (χ4v) is 1.20. The summed E-state index contributed by atoms with van der Waals surface area (Å²) in [6, 6.07) is 0. The predicted octanol–water partition coefficient (Wildman–Crippen LogP) is 3.01. The first-order chi connectivity index (χ1) is 6.50. The van der Waals surface area contributed by atoms with Gasteiger partial charge in [-0.3, -0.25) is 0 Å². The van der Waals surface area contributed by atoms with Gasteiger partial charge >= 0.3 is 0 Å². The standard InChI is InChI=1S/C5H10O.C4H8O.C2H6/c1-2-4-6-5-3-1;1-2-4-5-3-1;1-2/h1-5H2;1-4H2;1-2H3. The van der Waals surface area contributed by atoms with Gasteiger partial charge < -0.3 is 9.47 Å². The molecule has 0 atom stereocenters. The summed E-state index contributed by atoms with van der Waals surface area (Å²) in [6.45, 7) is 8.00. The van der Waals surface area contributed by atoms with Crippen molar-refractivity contribution in [3.8, 4) is 0 Å². The van der Waals surface area contributed by atoms with Crippen molar-refractivity contribution >= 4 is 0 Å². The zero-order chi connectivity index (χ0) is 9.78. The van der Waals surface area contributed by atoms with E-state index in [2.05, 4.69) is 0 Å². The Kier molecular flexibility index (Phi) is 11.8. The van der Waals surface area contributed by atoms with Gasteiger partial charge in [-0.05, 0) is 32.1 Å². The molecule has 0 unspecified atom stereocenters. The Bertz CT molecular complexity index is 57.0. The number of hydrogen-bond acceptors (Lipinski definition) is 2. The van der Waals surface area contributed by atoms with E-state index >= 15 is 0 Å². The summed E-state index contributed by atoms with van der Waals surface area (Å²) in [7, 11) is 0. The number of ether oxygens (including phenoxy) is 2. The molecule has 2 aliphatic rings. The highest BCUT2D eigenvalue weighted by Crippen LogP contribution is 2.02. The highest BCUT2D eigenvalue weighted by Gasteiger charge is 1.95. The molecule has 0 aromatic heterocycles. The lowest BCUT2D eigenvalue weighted by Crippen LogP contribution is -2.03. The first-order valence-corrected chi connectivity index (χ1v) is 5.65. The maximum atomic E-state index is 5.07. The summed E-state index contributed by atoms with van der Waals surface area (Å²) in [5.41, 5.74) is 0. The molecule has 0 N–H and O–H groups in total. The van der Waals surface area contributed by atoms with E-state index in [9.17, 15) is 0 Å². The largest absolute Gasteiger partial charge is 0.381 e. The Morgan fingerprint density at radius 3 is 1.00 bits per heavy atom. The molecule has 2 heteroatoms. The lowest BCUT2D eigenvalue weighted by Gasteiger charge is -2.08. The summed E-state index contributed by atoms with van der Waals surface area (Å²) in [5, 5.41) is 0. The van der Waals surface area contributed by atoms with Crippen LogP contribution in [0.3, 0.4) is 0 Å². The molecule has 2 aliphatic heterocycles. The van der Waals surface area contributed by atoms with Gasteiger partial charge in [-0.1, -0.05) is 13.8 Å². The van der Waals surface area contributed by atoms with E-state index in [1.807, 2.05) is 13.8 Å². The topological polar surface area (TPSA) is 18.5 Å². The normalized spacial score (nSPS) is 20.8. The summed E-state index contributed by atoms with van der Waals surface area (Å²) < 4.78 is 10.0. The molecule has 2 nitrogen and oxygen atoms in total. The van der Waals surface area contributed by atoms with Crippen LogP contribution < -0.4 is 0 Å². The second kappa shape index (κ2) is 11.9. The summed E-state index contributed by atoms with van der Waals surface area (Å²) in [4.78, 5) is 0. The molecule has 0 saturated carbocycles. The van der Waals surface area contributed by atoms with E-state index in [0.29, 0.717) is 0 Å². The van der Waals surface area contributed by atoms with Gasteiger partial charge in [0.15, 0.2) is 0 Å². The number of hydrogen-bond donors (Lipinski definition) is 0. The molecule has 0 amide bonds. The lowest BCUT2D eigenvalue weighted by molar-refractivity contribution is 0.0968. The third-order valence-electron chi connectivity index (χ3n) is 1.90. The first-order valence-electron chi connectivity index (χ1n) is 5.65. The van der Waals surface area contributed by atoms with E-state index in [-0.39, 0.29) is 0 Å². The summed E-state index contributed by atoms with van der Waals surface area (Å²) in [5.74, 6) is 0. The van der Waals surface area contributed by atoms with Crippen LogP contribution in [0.15, 0.2) is 0 Å². The smallest absolute Gasteiger partial charge is 0.0466 e. The van der Waals surface area contributed by atoms with Crippen LogP contribution >= 0.6 is 0 Å². The van der Waals surface area contributed by atoms with Crippen LogP contribution in [0.4, 0.5) is 0 Å². The Labute approximate surface area is 82.6 Å². The minimum absolute atomic E-state index is 1.00. The molecule has 0 bridgehead atoms. The van der Waals surface area contributed by atoms with E-state index in [1.54, 1.807) is 0 Å². The van der Waals surface area contributed by atoms with E-state index in [4.69, 9.17) is 9.47 Å². The van der Waals surface area contributed by atoms with Gasteiger partial charge in [0.2, 0.25) is 0 Å². The average Bonchev–Trinajstić information content (AvgIpc) is 2.82. The second-order valence-electron chi connectivity index (χ2n) is 2.99. The van der Waals surface area contributed by atoms with Crippen LogP contribution in [0.1, 0.15) is 46.0 Å². The lowest BCUT2D eigenvalue weighted by atomic mass is 10.2. The van der Waals surface area contributed by atoms with Crippen LogP contribution in [-0.4, -0.2) is 26.4 Å². The van der Waals surface area contributed by atoms with Crippen LogP contribution in [-0.2, 0) is 9.47 Å². The summed E-state index contributed by atoms with van der Waals surface area (Å²) >= 11 is 0. The molecule has 80 valence electrons. The zero-order valence-electron chi connectivity index (χ0n) is 9.18. The molecule has 0 aliphatic carbocycles. The molecule has 2 rings (SSSR count). The van der Waals surface area contributed by atoms with Crippen molar-refractivity contribution in [2.45, 2.75) is 46.0 Å². The Morgan fingerprint density at radius 1 is 0.538 bits per heavy atom. The Balaban J connectivity index is 0.000000189. The molecule has 0 aromatic rings. The first kappa shape index (κ1) is 12.9. The molecule has 2 saturated heterocycles. The third-order valence-corrected chi connectivity index (χ3v) is 1.90. The fraction of sp³-hybridized carbons (Fsp3) is 1.00. The highest BCUT2D eigenvalue weighted by molar-refractivity contribution is 4.45. The monoisotopic (exact) mass is 188 g/mol. The van der Waals surface area contributed by atoms with Crippen molar-refractivity contribution in [1.82, 2.24) is 0 Å². The van der Waals surface area contributed by atoms with Crippen molar-refractivity contribution in [2.24, 2.45) is 0 Å². The minimum Gasteiger partial charge on any atom is -0.381 e. The third kappa shape index (κ3) is 9.84. The van der Waals surface area contributed by atoms with Gasteiger partial charge in [0.05, 0.1) is 0 Å². The van der Waals surface area contributed by atoms with Crippen LogP contribution in [0, 0.1) is 0 Å². The SMILES string of the molecule is C1CCOC1.C1CCOCC1.CC. The predicted molar refractivity (Wildman–Crippen MR) is 56.1 cm³/mol. The van der Waals surface area contributed by atoms with Crippen molar-refractivity contribution < 1.29 is 9.47 Å². The maximum absolute atomic E-state index is 5.07. The molecule has 0 radical (unpaired) electrons. The second-order valence-corrected chi connectivity index (χ2v) is 2.99. The van der Waals surface area contributed by atoms with Crippen LogP contribution in [0.25, 0.3) is 0 Å². The van der Waals surface area contributed by atoms with E-state index in [1.165, 1.54) is 32.1 Å². The average molecular weight is 188 g/mol. The minimum atomic E-state index is 1.00. The molecular weight excluding hydrogens is 164 g/mol. The van der Waals surface area contributed by atoms with Crippen molar-refractivity contribution in [3.63, 3.8) is 0 Å². The quantitative estimate of drug-likeness (QED) is 0.582. The molecular formula is C11H24O2. The van der Waals surface area contributed by atoms with Gasteiger partial charge in [0.25, 0.3) is 0 Å². The number of rotatable bonds is 0. The maximum Gasteiger partial charge on any atom is 0.0466 e. The van der Waals surface area contributed by atoms with Crippen molar-refractivity contribution in [3.05, 3.63) is 0 Å². The van der Waals surface area contributed by atoms with E-state index in [0.717, 1.165) is 26.4 Å². The zero-order valence-corrected chi connectivity index (χ0v) is 9.18. The van der Waals surface area contributed by atoms with Gasteiger partial charge in [0.1, 0.15) is 0 Å². The summed E-state index contributed by atoms with van der Waals surface area (Å²) in [6.07, 6.45) is 6.49. The Hall–Kier alpha value is -0.0800. The van der Waals surface area contributed by atoms with Crippen molar-refractivity contribution in [2.75, 3.05) is 26.4 Å². The van der Waals surface area contributed by atoms with Crippen molar-refractivity contribution in [1.29, 1.82) is 0 Å². The Morgan fingerprint density at radius 2 is 0.846 bits per heavy atom. The van der Waals surface area contributed by atoms with Gasteiger partial charge in [0, 0.05) is 26.4 Å². The van der Waals surface area contributed by atoms with Crippen LogP contribution in [0.5, 0.6) is 0 Å². The molecule has 13 heavy (non-hydrogen) atoms. The molecule has 0 spiro atoms. The van der Waals surface area contributed by atoms with Crippen LogP contribution in [0.2, 0.25) is 0 Å². The van der Waals surface area contributed by atoms with Gasteiger partial charge in [-0.15, -0.1) is 0 Å². The molecule has 2 fully saturated rings. The fourth-order valence-electron chi connectivity index (χ4n) is 1.20. The van der Waals surface area contributed by atoms with Gasteiger partial charge in [-0.2, -0.15) is 0 Å². The molecule has 0 aromatic carbocycles. The van der Waals surface area contributed by atoms with Gasteiger partial charge in [-0.25, -0.2) is 0 Å². The molecule has 2 heterocycles. The highest BCUT2D eigenvalue weighted by atomic mass is 16.5. The van der Waals surface area contributed by atoms with E-state index < -0.39 is 0 Å².